The van der Waals surface area contributed by atoms with Crippen molar-refractivity contribution >= 4 is 28.9 Å². The van der Waals surface area contributed by atoms with Gasteiger partial charge in [-0.3, -0.25) is 9.78 Å². The lowest BCUT2D eigenvalue weighted by molar-refractivity contribution is -0.119. The van der Waals surface area contributed by atoms with E-state index in [1.807, 2.05) is 12.1 Å². The lowest BCUT2D eigenvalue weighted by Gasteiger charge is -2.19. The maximum Gasteiger partial charge on any atom is 0.350 e. The highest BCUT2D eigenvalue weighted by Crippen LogP contribution is 2.32. The molecule has 0 saturated heterocycles. The number of nitrogens with zero attached hydrogens (tertiary/aromatic N) is 2. The van der Waals surface area contributed by atoms with Crippen LogP contribution in [0.4, 0.5) is 5.69 Å². The molecule has 1 N–H and O–H groups in total. The average molecular weight is 411 g/mol. The van der Waals surface area contributed by atoms with Gasteiger partial charge in [0.1, 0.15) is 23.1 Å². The molecule has 148 valence electrons. The van der Waals surface area contributed by atoms with Crippen molar-refractivity contribution in [3.05, 3.63) is 53.2 Å². The predicted octanol–water partition coefficient (Wildman–Crippen LogP) is 3.08. The maximum absolute atomic E-state index is 12.4. The molecule has 0 bridgehead atoms. The third-order valence-electron chi connectivity index (χ3n) is 4.03. The number of hydrogen-bond donors (Lipinski definition) is 1. The first-order valence-corrected chi connectivity index (χ1v) is 9.67. The Morgan fingerprint density at radius 2 is 2.00 bits per heavy atom. The van der Waals surface area contributed by atoms with Gasteiger partial charge in [-0.25, -0.2) is 9.78 Å². The lowest BCUT2D eigenvalue weighted by Crippen LogP contribution is -2.21. The average Bonchev–Trinajstić information content (AvgIpc) is 3.14. The minimum absolute atomic E-state index is 0.345. The zero-order chi connectivity index (χ0) is 20.2. The number of amides is 1. The Kier molecular flexibility index (Phi) is 5.39. The molecular formula is C20H17N3O5S. The number of aromatic nitrogens is 2. The number of carbonyl (C=O) groups excluding carboxylic acids is 2. The first-order valence-electron chi connectivity index (χ1n) is 8.85. The van der Waals surface area contributed by atoms with E-state index in [1.165, 1.54) is 11.3 Å². The number of benzene rings is 1. The highest BCUT2D eigenvalue weighted by molar-refractivity contribution is 7.17. The summed E-state index contributed by atoms with van der Waals surface area (Å²) < 4.78 is 16.1. The Bertz CT molecular complexity index is 1050. The van der Waals surface area contributed by atoms with E-state index in [0.29, 0.717) is 51.7 Å². The third-order valence-corrected chi connectivity index (χ3v) is 5.19. The molecule has 0 aliphatic carbocycles. The molecule has 1 aliphatic heterocycles. The number of ether oxygens (including phenoxy) is 3. The number of carbonyl (C=O) groups is 2. The van der Waals surface area contributed by atoms with Gasteiger partial charge in [0.15, 0.2) is 18.1 Å². The molecule has 29 heavy (non-hydrogen) atoms. The monoisotopic (exact) mass is 411 g/mol. The van der Waals surface area contributed by atoms with Gasteiger partial charge < -0.3 is 19.5 Å². The number of fused-ring (bicyclic) bond motifs is 1. The Morgan fingerprint density at radius 1 is 1.17 bits per heavy atom. The van der Waals surface area contributed by atoms with Crippen LogP contribution < -0.4 is 14.8 Å². The molecule has 2 aromatic heterocycles. The highest BCUT2D eigenvalue weighted by Gasteiger charge is 2.19. The van der Waals surface area contributed by atoms with Gasteiger partial charge in [-0.05, 0) is 31.2 Å². The minimum atomic E-state index is -0.598. The number of rotatable bonds is 5. The minimum Gasteiger partial charge on any atom is -0.486 e. The quantitative estimate of drug-likeness (QED) is 0.644. The van der Waals surface area contributed by atoms with E-state index >= 15 is 0 Å². The van der Waals surface area contributed by atoms with Crippen molar-refractivity contribution in [2.75, 3.05) is 25.1 Å². The topological polar surface area (TPSA) is 99.6 Å². The Morgan fingerprint density at radius 3 is 2.79 bits per heavy atom. The maximum atomic E-state index is 12.4. The molecule has 3 heterocycles. The molecule has 8 nitrogen and oxygen atoms in total. The smallest absolute Gasteiger partial charge is 0.350 e. The first-order chi connectivity index (χ1) is 14.1. The molecule has 3 aromatic rings. The van der Waals surface area contributed by atoms with Crippen LogP contribution in [0, 0.1) is 6.92 Å². The van der Waals surface area contributed by atoms with E-state index in [-0.39, 0.29) is 0 Å². The number of pyridine rings is 1. The standard InChI is InChI=1S/C20H17N3O5S/c1-12-18(29-19(22-12)14-4-2-3-7-21-14)20(25)28-11-17(24)23-13-5-6-15-16(10-13)27-9-8-26-15/h2-7,10H,8-9,11H2,1H3,(H,23,24). The van der Waals surface area contributed by atoms with E-state index < -0.39 is 18.5 Å². The van der Waals surface area contributed by atoms with Crippen LogP contribution in [0.3, 0.4) is 0 Å². The van der Waals surface area contributed by atoms with E-state index in [4.69, 9.17) is 14.2 Å². The summed E-state index contributed by atoms with van der Waals surface area (Å²) in [5.74, 6) is 0.139. The summed E-state index contributed by atoms with van der Waals surface area (Å²) in [6.07, 6.45) is 1.66. The van der Waals surface area contributed by atoms with Crippen LogP contribution in [0.2, 0.25) is 0 Å². The Labute approximate surface area is 170 Å². The van der Waals surface area contributed by atoms with E-state index in [0.717, 1.165) is 0 Å². The van der Waals surface area contributed by atoms with Crippen LogP contribution >= 0.6 is 11.3 Å². The second-order valence-corrected chi connectivity index (χ2v) is 7.13. The van der Waals surface area contributed by atoms with Crippen molar-refractivity contribution < 1.29 is 23.8 Å². The summed E-state index contributed by atoms with van der Waals surface area (Å²) in [6.45, 7) is 2.25. The van der Waals surface area contributed by atoms with Crippen molar-refractivity contribution in [3.63, 3.8) is 0 Å². The van der Waals surface area contributed by atoms with Gasteiger partial charge in [-0.1, -0.05) is 6.07 Å². The van der Waals surface area contributed by atoms with Crippen LogP contribution in [0.25, 0.3) is 10.7 Å². The zero-order valence-electron chi connectivity index (χ0n) is 15.5. The second-order valence-electron chi connectivity index (χ2n) is 6.13. The molecule has 0 spiro atoms. The Balaban J connectivity index is 1.36. The van der Waals surface area contributed by atoms with Crippen molar-refractivity contribution in [2.45, 2.75) is 6.92 Å². The third kappa shape index (κ3) is 4.35. The number of anilines is 1. The van der Waals surface area contributed by atoms with Gasteiger partial charge in [0, 0.05) is 18.0 Å². The molecule has 4 rings (SSSR count). The molecule has 1 aliphatic rings. The van der Waals surface area contributed by atoms with Crippen molar-refractivity contribution in [1.29, 1.82) is 0 Å². The van der Waals surface area contributed by atoms with Crippen LogP contribution in [0.15, 0.2) is 42.6 Å². The summed E-state index contributed by atoms with van der Waals surface area (Å²) in [5, 5.41) is 3.29. The van der Waals surface area contributed by atoms with E-state index in [9.17, 15) is 9.59 Å². The fourth-order valence-electron chi connectivity index (χ4n) is 2.70. The van der Waals surface area contributed by atoms with Crippen molar-refractivity contribution in [1.82, 2.24) is 9.97 Å². The summed E-state index contributed by atoms with van der Waals surface area (Å²) in [6, 6.07) is 10.5. The molecule has 0 atom stereocenters. The van der Waals surface area contributed by atoms with Crippen molar-refractivity contribution in [3.8, 4) is 22.2 Å². The summed E-state index contributed by atoms with van der Waals surface area (Å²) in [4.78, 5) is 33.5. The summed E-state index contributed by atoms with van der Waals surface area (Å²) in [7, 11) is 0. The molecule has 1 amide bonds. The van der Waals surface area contributed by atoms with Crippen LogP contribution in [-0.2, 0) is 9.53 Å². The van der Waals surface area contributed by atoms with E-state index in [2.05, 4.69) is 15.3 Å². The summed E-state index contributed by atoms with van der Waals surface area (Å²) >= 11 is 1.18. The lowest BCUT2D eigenvalue weighted by atomic mass is 10.2. The SMILES string of the molecule is Cc1nc(-c2ccccn2)sc1C(=O)OCC(=O)Nc1ccc2c(c1)OCCO2. The van der Waals surface area contributed by atoms with Crippen LogP contribution in [-0.4, -0.2) is 41.7 Å². The first kappa shape index (κ1) is 18.9. The van der Waals surface area contributed by atoms with Gasteiger partial charge >= 0.3 is 5.97 Å². The molecule has 0 saturated carbocycles. The largest absolute Gasteiger partial charge is 0.486 e. The molecular weight excluding hydrogens is 394 g/mol. The normalized spacial score (nSPS) is 12.3. The van der Waals surface area contributed by atoms with E-state index in [1.54, 1.807) is 37.4 Å². The molecule has 9 heteroatoms. The van der Waals surface area contributed by atoms with Crippen LogP contribution in [0.1, 0.15) is 15.4 Å². The number of hydrogen-bond acceptors (Lipinski definition) is 8. The second kappa shape index (κ2) is 8.27. The van der Waals surface area contributed by atoms with Gasteiger partial charge in [0.2, 0.25) is 0 Å². The number of nitrogens with one attached hydrogen (secondary N) is 1. The Hall–Kier alpha value is -3.46. The zero-order valence-corrected chi connectivity index (χ0v) is 16.3. The van der Waals surface area contributed by atoms with Gasteiger partial charge in [-0.15, -0.1) is 11.3 Å². The van der Waals surface area contributed by atoms with Crippen LogP contribution in [0.5, 0.6) is 11.5 Å². The van der Waals surface area contributed by atoms with Crippen molar-refractivity contribution in [2.24, 2.45) is 0 Å². The summed E-state index contributed by atoms with van der Waals surface area (Å²) in [5.41, 5.74) is 1.74. The molecule has 0 fully saturated rings. The number of thiazole rings is 1. The predicted molar refractivity (Wildman–Crippen MR) is 106 cm³/mol. The molecule has 0 radical (unpaired) electrons. The van der Waals surface area contributed by atoms with Gasteiger partial charge in [-0.2, -0.15) is 0 Å². The molecule has 1 aromatic carbocycles. The number of aryl methyl sites for hydroxylation is 1. The fraction of sp³-hybridized carbons (Fsp3) is 0.200. The van der Waals surface area contributed by atoms with Gasteiger partial charge in [0.05, 0.1) is 11.4 Å². The fourth-order valence-corrected chi connectivity index (χ4v) is 3.64. The molecule has 0 unspecified atom stereocenters. The van der Waals surface area contributed by atoms with Gasteiger partial charge in [0.25, 0.3) is 5.91 Å². The number of esters is 1. The highest BCUT2D eigenvalue weighted by atomic mass is 32.1.